The zero-order valence-electron chi connectivity index (χ0n) is 16.5. The van der Waals surface area contributed by atoms with Crippen molar-refractivity contribution in [3.63, 3.8) is 0 Å². The second kappa shape index (κ2) is 8.19. The Hall–Kier alpha value is -1.73. The summed E-state index contributed by atoms with van der Waals surface area (Å²) in [5, 5.41) is 1.87. The van der Waals surface area contributed by atoms with Crippen LogP contribution in [0, 0.1) is 0 Å². The van der Waals surface area contributed by atoms with Gasteiger partial charge in [-0.3, -0.25) is 4.90 Å². The molecule has 2 aromatic heterocycles. The first-order chi connectivity index (χ1) is 14.2. The van der Waals surface area contributed by atoms with E-state index in [0.29, 0.717) is 5.88 Å². The van der Waals surface area contributed by atoms with E-state index in [4.69, 9.17) is 31.0 Å². The fraction of sp³-hybridized carbons (Fsp3) is 0.455. The fourth-order valence-corrected chi connectivity index (χ4v) is 5.63. The summed E-state index contributed by atoms with van der Waals surface area (Å²) in [6.45, 7) is 6.18. The van der Waals surface area contributed by atoms with E-state index in [1.54, 1.807) is 11.3 Å². The second-order valence-corrected chi connectivity index (χ2v) is 9.07. The third kappa shape index (κ3) is 3.87. The van der Waals surface area contributed by atoms with E-state index >= 15 is 0 Å². The lowest BCUT2D eigenvalue weighted by molar-refractivity contribution is 0.0330. The van der Waals surface area contributed by atoms with Crippen molar-refractivity contribution >= 4 is 33.2 Å². The number of aromatic nitrogens is 2. The standard InChI is InChI=1S/C22H24ClN3O2S/c1-2-14-12-15(6-7-17(14)23)28-21-20-16-4-3-5-18(16)29-22(20)25-19(24-21)13-26-8-10-27-11-9-26/h6-7,12H,2-5,8-11,13H2,1H3. The largest absolute Gasteiger partial charge is 0.438 e. The van der Waals surface area contributed by atoms with Gasteiger partial charge in [-0.25, -0.2) is 4.98 Å². The third-order valence-electron chi connectivity index (χ3n) is 5.66. The van der Waals surface area contributed by atoms with Crippen LogP contribution in [-0.4, -0.2) is 41.2 Å². The second-order valence-electron chi connectivity index (χ2n) is 7.58. The lowest BCUT2D eigenvalue weighted by Gasteiger charge is -2.25. The molecule has 0 atom stereocenters. The SMILES string of the molecule is CCc1cc(Oc2nc(CN3CCOCC3)nc3sc4c(c23)CCC4)ccc1Cl. The molecule has 2 aliphatic rings. The van der Waals surface area contributed by atoms with Gasteiger partial charge in [0.25, 0.3) is 0 Å². The van der Waals surface area contributed by atoms with Crippen LogP contribution in [0.2, 0.25) is 5.02 Å². The Labute approximate surface area is 179 Å². The zero-order chi connectivity index (χ0) is 19.8. The quantitative estimate of drug-likeness (QED) is 0.569. The van der Waals surface area contributed by atoms with Crippen LogP contribution < -0.4 is 4.74 Å². The van der Waals surface area contributed by atoms with E-state index in [1.807, 2.05) is 18.2 Å². The molecule has 29 heavy (non-hydrogen) atoms. The number of benzene rings is 1. The zero-order valence-corrected chi connectivity index (χ0v) is 18.1. The van der Waals surface area contributed by atoms with Crippen LogP contribution in [0.5, 0.6) is 11.6 Å². The summed E-state index contributed by atoms with van der Waals surface area (Å²) in [5.41, 5.74) is 2.46. The molecule has 0 amide bonds. The summed E-state index contributed by atoms with van der Waals surface area (Å²) in [4.78, 5) is 14.6. The molecule has 152 valence electrons. The number of thiophene rings is 1. The number of rotatable bonds is 5. The molecule has 1 aliphatic carbocycles. The summed E-state index contributed by atoms with van der Waals surface area (Å²) < 4.78 is 11.8. The number of ether oxygens (including phenoxy) is 2. The molecule has 5 nitrogen and oxygen atoms in total. The molecule has 1 saturated heterocycles. The van der Waals surface area contributed by atoms with Crippen molar-refractivity contribution in [2.45, 2.75) is 39.2 Å². The van der Waals surface area contributed by atoms with Gasteiger partial charge in [-0.2, -0.15) is 4.98 Å². The molecular formula is C22H24ClN3O2S. The number of aryl methyl sites for hydroxylation is 3. The van der Waals surface area contributed by atoms with Gasteiger partial charge in [0, 0.05) is 23.0 Å². The average molecular weight is 430 g/mol. The smallest absolute Gasteiger partial charge is 0.231 e. The Bertz CT molecular complexity index is 1050. The number of hydrogen-bond acceptors (Lipinski definition) is 6. The van der Waals surface area contributed by atoms with Crippen molar-refractivity contribution in [2.24, 2.45) is 0 Å². The van der Waals surface area contributed by atoms with Gasteiger partial charge in [0.05, 0.1) is 25.1 Å². The highest BCUT2D eigenvalue weighted by atomic mass is 35.5. The summed E-state index contributed by atoms with van der Waals surface area (Å²) in [7, 11) is 0. The maximum absolute atomic E-state index is 6.36. The number of halogens is 1. The third-order valence-corrected chi connectivity index (χ3v) is 7.21. The average Bonchev–Trinajstić information content (AvgIpc) is 3.31. The lowest BCUT2D eigenvalue weighted by Crippen LogP contribution is -2.36. The maximum atomic E-state index is 6.36. The molecule has 1 aliphatic heterocycles. The first kappa shape index (κ1) is 19.2. The molecule has 0 radical (unpaired) electrons. The number of hydrogen-bond donors (Lipinski definition) is 0. The Balaban J connectivity index is 1.54. The molecular weight excluding hydrogens is 406 g/mol. The van der Waals surface area contributed by atoms with E-state index in [-0.39, 0.29) is 0 Å². The topological polar surface area (TPSA) is 47.5 Å². The van der Waals surface area contributed by atoms with Crippen molar-refractivity contribution in [3.8, 4) is 11.6 Å². The molecule has 3 aromatic rings. The molecule has 0 N–H and O–H groups in total. The highest BCUT2D eigenvalue weighted by Crippen LogP contribution is 2.41. The highest BCUT2D eigenvalue weighted by molar-refractivity contribution is 7.19. The monoisotopic (exact) mass is 429 g/mol. The van der Waals surface area contributed by atoms with Crippen LogP contribution in [-0.2, 0) is 30.5 Å². The van der Waals surface area contributed by atoms with E-state index in [1.165, 1.54) is 16.9 Å². The van der Waals surface area contributed by atoms with Crippen molar-refractivity contribution in [3.05, 3.63) is 45.1 Å². The minimum atomic E-state index is 0.682. The first-order valence-electron chi connectivity index (χ1n) is 10.3. The predicted octanol–water partition coefficient (Wildman–Crippen LogP) is 5.02. The molecule has 0 bridgehead atoms. The van der Waals surface area contributed by atoms with Crippen molar-refractivity contribution in [1.82, 2.24) is 14.9 Å². The summed E-state index contributed by atoms with van der Waals surface area (Å²) in [6, 6.07) is 5.84. The van der Waals surface area contributed by atoms with E-state index < -0.39 is 0 Å². The molecule has 0 saturated carbocycles. The fourth-order valence-electron chi connectivity index (χ4n) is 4.11. The summed E-state index contributed by atoms with van der Waals surface area (Å²) >= 11 is 8.09. The van der Waals surface area contributed by atoms with Gasteiger partial charge in [-0.05, 0) is 55.0 Å². The molecule has 0 unspecified atom stereocenters. The van der Waals surface area contributed by atoms with Crippen LogP contribution >= 0.6 is 22.9 Å². The lowest BCUT2D eigenvalue weighted by atomic mass is 10.1. The van der Waals surface area contributed by atoms with Gasteiger partial charge >= 0.3 is 0 Å². The number of morpholine rings is 1. The minimum Gasteiger partial charge on any atom is -0.438 e. The van der Waals surface area contributed by atoms with Crippen LogP contribution in [0.15, 0.2) is 18.2 Å². The highest BCUT2D eigenvalue weighted by Gasteiger charge is 2.24. The minimum absolute atomic E-state index is 0.682. The Kier molecular flexibility index (Phi) is 5.43. The van der Waals surface area contributed by atoms with Gasteiger partial charge in [0.2, 0.25) is 5.88 Å². The van der Waals surface area contributed by atoms with Gasteiger partial charge in [0.15, 0.2) is 0 Å². The molecule has 3 heterocycles. The number of fused-ring (bicyclic) bond motifs is 3. The van der Waals surface area contributed by atoms with Crippen LogP contribution in [0.3, 0.4) is 0 Å². The van der Waals surface area contributed by atoms with Crippen molar-refractivity contribution in [2.75, 3.05) is 26.3 Å². The van der Waals surface area contributed by atoms with Gasteiger partial charge < -0.3 is 9.47 Å². The summed E-state index contributed by atoms with van der Waals surface area (Å²) in [5.74, 6) is 2.28. The van der Waals surface area contributed by atoms with Gasteiger partial charge in [0.1, 0.15) is 16.4 Å². The van der Waals surface area contributed by atoms with Crippen molar-refractivity contribution in [1.29, 1.82) is 0 Å². The van der Waals surface area contributed by atoms with Crippen LogP contribution in [0.1, 0.15) is 35.2 Å². The van der Waals surface area contributed by atoms with E-state index in [0.717, 1.165) is 84.5 Å². The maximum Gasteiger partial charge on any atom is 0.231 e. The van der Waals surface area contributed by atoms with E-state index in [2.05, 4.69) is 11.8 Å². The number of nitrogens with zero attached hydrogens (tertiary/aromatic N) is 3. The Morgan fingerprint density at radius 1 is 1.21 bits per heavy atom. The Morgan fingerprint density at radius 3 is 2.90 bits per heavy atom. The summed E-state index contributed by atoms with van der Waals surface area (Å²) in [6.07, 6.45) is 4.28. The molecule has 1 aromatic carbocycles. The first-order valence-corrected chi connectivity index (χ1v) is 11.5. The molecule has 0 spiro atoms. The molecule has 7 heteroatoms. The molecule has 5 rings (SSSR count). The van der Waals surface area contributed by atoms with Gasteiger partial charge in [-0.1, -0.05) is 18.5 Å². The van der Waals surface area contributed by atoms with Crippen molar-refractivity contribution < 1.29 is 9.47 Å². The molecule has 1 fully saturated rings. The van der Waals surface area contributed by atoms with Crippen LogP contribution in [0.25, 0.3) is 10.2 Å². The predicted molar refractivity (Wildman–Crippen MR) is 116 cm³/mol. The van der Waals surface area contributed by atoms with E-state index in [9.17, 15) is 0 Å². The Morgan fingerprint density at radius 2 is 2.07 bits per heavy atom. The normalized spacial score (nSPS) is 17.0. The van der Waals surface area contributed by atoms with Crippen LogP contribution in [0.4, 0.5) is 0 Å². The van der Waals surface area contributed by atoms with Gasteiger partial charge in [-0.15, -0.1) is 11.3 Å².